The minimum absolute atomic E-state index is 0.0458. The van der Waals surface area contributed by atoms with Crippen molar-refractivity contribution in [2.24, 2.45) is 0 Å². The fourth-order valence-corrected chi connectivity index (χ4v) is 4.99. The maximum absolute atomic E-state index is 13.8. The molecular weight excluding hydrogens is 460 g/mol. The molecule has 0 bridgehead atoms. The summed E-state index contributed by atoms with van der Waals surface area (Å²) in [7, 11) is 1.27. The molecule has 194 valence electrons. The fraction of sp³-hybridized carbons (Fsp3) is 0.556. The molecule has 2 heterocycles. The lowest BCUT2D eigenvalue weighted by molar-refractivity contribution is -0.134. The van der Waals surface area contributed by atoms with E-state index in [9.17, 15) is 14.4 Å². The number of esters is 1. The van der Waals surface area contributed by atoms with E-state index in [4.69, 9.17) is 9.47 Å². The SMILES string of the molecule is COC(=O)c1cc2n(n1)CC(C)(C(=O)NC1CCCCCC1)N(Cc1ccc(OC(C)C)cc1)C2=O. The first-order valence-electron chi connectivity index (χ1n) is 12.8. The molecule has 1 atom stereocenters. The van der Waals surface area contributed by atoms with Gasteiger partial charge < -0.3 is 19.7 Å². The van der Waals surface area contributed by atoms with Crippen molar-refractivity contribution < 1.29 is 23.9 Å². The maximum atomic E-state index is 13.8. The molecular formula is C27H36N4O5. The molecule has 1 fully saturated rings. The van der Waals surface area contributed by atoms with Crippen molar-refractivity contribution in [1.29, 1.82) is 0 Å². The first-order chi connectivity index (χ1) is 17.2. The summed E-state index contributed by atoms with van der Waals surface area (Å²) in [5, 5.41) is 7.51. The van der Waals surface area contributed by atoms with Crippen LogP contribution in [0.5, 0.6) is 5.75 Å². The van der Waals surface area contributed by atoms with Gasteiger partial charge in [-0.15, -0.1) is 0 Å². The Balaban J connectivity index is 1.65. The Morgan fingerprint density at radius 1 is 1.14 bits per heavy atom. The highest BCUT2D eigenvalue weighted by molar-refractivity contribution is 6.01. The zero-order chi connectivity index (χ0) is 25.9. The minimum atomic E-state index is -1.19. The van der Waals surface area contributed by atoms with Crippen LogP contribution in [-0.2, 0) is 22.6 Å². The number of fused-ring (bicyclic) bond motifs is 1. The standard InChI is InChI=1S/C27H36N4O5/c1-18(2)36-21-13-11-19(12-14-21)16-30-24(32)23-15-22(25(33)35-4)29-31(23)17-27(30,3)26(34)28-20-9-7-5-6-8-10-20/h11-15,18,20H,5-10,16-17H2,1-4H3,(H,28,34). The summed E-state index contributed by atoms with van der Waals surface area (Å²) in [6, 6.07) is 9.06. The van der Waals surface area contributed by atoms with Crippen LogP contribution in [0.4, 0.5) is 0 Å². The van der Waals surface area contributed by atoms with Crippen LogP contribution in [0.1, 0.15) is 85.8 Å². The van der Waals surface area contributed by atoms with Crippen LogP contribution in [0.25, 0.3) is 0 Å². The van der Waals surface area contributed by atoms with E-state index in [0.717, 1.165) is 37.0 Å². The van der Waals surface area contributed by atoms with Crippen LogP contribution in [0.2, 0.25) is 0 Å². The molecule has 0 radical (unpaired) electrons. The predicted molar refractivity (Wildman–Crippen MR) is 134 cm³/mol. The second-order valence-electron chi connectivity index (χ2n) is 10.2. The number of hydrogen-bond acceptors (Lipinski definition) is 6. The number of benzene rings is 1. The first kappa shape index (κ1) is 25.7. The van der Waals surface area contributed by atoms with Crippen molar-refractivity contribution in [3.05, 3.63) is 47.3 Å². The van der Waals surface area contributed by atoms with Crippen LogP contribution in [0.3, 0.4) is 0 Å². The van der Waals surface area contributed by atoms with Crippen molar-refractivity contribution in [3.8, 4) is 5.75 Å². The molecule has 2 aromatic rings. The van der Waals surface area contributed by atoms with Gasteiger partial charge in [0.2, 0.25) is 5.91 Å². The summed E-state index contributed by atoms with van der Waals surface area (Å²) in [5.41, 5.74) is -0.0171. The van der Waals surface area contributed by atoms with Crippen molar-refractivity contribution >= 4 is 17.8 Å². The molecule has 1 unspecified atom stereocenters. The highest BCUT2D eigenvalue weighted by Gasteiger charge is 2.48. The number of carbonyl (C=O) groups excluding carboxylic acids is 3. The number of rotatable bonds is 7. The van der Waals surface area contributed by atoms with E-state index in [1.54, 1.807) is 11.8 Å². The normalized spacial score (nSPS) is 20.6. The lowest BCUT2D eigenvalue weighted by Crippen LogP contribution is -2.64. The second kappa shape index (κ2) is 10.7. The number of hydrogen-bond donors (Lipinski definition) is 1. The average Bonchev–Trinajstić information content (AvgIpc) is 3.10. The van der Waals surface area contributed by atoms with Crippen molar-refractivity contribution in [2.45, 2.75) is 90.1 Å². The van der Waals surface area contributed by atoms with Crippen molar-refractivity contribution in [1.82, 2.24) is 20.0 Å². The predicted octanol–water partition coefficient (Wildman–Crippen LogP) is 3.71. The number of amides is 2. The molecule has 1 aromatic heterocycles. The smallest absolute Gasteiger partial charge is 0.358 e. The van der Waals surface area contributed by atoms with Crippen LogP contribution < -0.4 is 10.1 Å². The number of carbonyl (C=O) groups is 3. The maximum Gasteiger partial charge on any atom is 0.358 e. The largest absolute Gasteiger partial charge is 0.491 e. The van der Waals surface area contributed by atoms with Gasteiger partial charge in [0.05, 0.1) is 19.8 Å². The molecule has 1 aliphatic carbocycles. The van der Waals surface area contributed by atoms with Gasteiger partial charge >= 0.3 is 5.97 Å². The molecule has 9 nitrogen and oxygen atoms in total. The molecule has 0 saturated heterocycles. The van der Waals surface area contributed by atoms with Crippen LogP contribution in [-0.4, -0.2) is 57.3 Å². The van der Waals surface area contributed by atoms with E-state index in [2.05, 4.69) is 10.4 Å². The first-order valence-corrected chi connectivity index (χ1v) is 12.8. The molecule has 2 amide bonds. The molecule has 4 rings (SSSR count). The highest BCUT2D eigenvalue weighted by Crippen LogP contribution is 2.31. The van der Waals surface area contributed by atoms with Gasteiger partial charge in [0, 0.05) is 18.7 Å². The van der Waals surface area contributed by atoms with Gasteiger partial charge in [-0.1, -0.05) is 37.8 Å². The summed E-state index contributed by atoms with van der Waals surface area (Å²) in [6.45, 7) is 6.07. The zero-order valence-corrected chi connectivity index (χ0v) is 21.6. The Morgan fingerprint density at radius 2 is 1.81 bits per heavy atom. The monoisotopic (exact) mass is 496 g/mol. The van der Waals surface area contributed by atoms with Crippen LogP contribution >= 0.6 is 0 Å². The summed E-state index contributed by atoms with van der Waals surface area (Å²) in [6.07, 6.45) is 6.45. The van der Waals surface area contributed by atoms with Gasteiger partial charge in [0.25, 0.3) is 5.91 Å². The van der Waals surface area contributed by atoms with E-state index in [-0.39, 0.29) is 48.4 Å². The van der Waals surface area contributed by atoms with Gasteiger partial charge in [0.1, 0.15) is 17.0 Å². The molecule has 9 heteroatoms. The Hall–Kier alpha value is -3.36. The van der Waals surface area contributed by atoms with Gasteiger partial charge in [-0.2, -0.15) is 5.10 Å². The van der Waals surface area contributed by atoms with E-state index in [0.29, 0.717) is 0 Å². The summed E-state index contributed by atoms with van der Waals surface area (Å²) < 4.78 is 12.0. The zero-order valence-electron chi connectivity index (χ0n) is 21.6. The second-order valence-corrected chi connectivity index (χ2v) is 10.2. The van der Waals surface area contributed by atoms with Crippen molar-refractivity contribution in [2.75, 3.05) is 7.11 Å². The lowest BCUT2D eigenvalue weighted by Gasteiger charge is -2.44. The van der Waals surface area contributed by atoms with Gasteiger partial charge in [-0.25, -0.2) is 4.79 Å². The Labute approximate surface area is 212 Å². The highest BCUT2D eigenvalue weighted by atomic mass is 16.5. The van der Waals surface area contributed by atoms with E-state index < -0.39 is 11.5 Å². The minimum Gasteiger partial charge on any atom is -0.491 e. The third-order valence-electron chi connectivity index (χ3n) is 7.01. The Morgan fingerprint density at radius 3 is 2.42 bits per heavy atom. The van der Waals surface area contributed by atoms with E-state index in [1.807, 2.05) is 38.1 Å². The summed E-state index contributed by atoms with van der Waals surface area (Å²) in [5.74, 6) is -0.441. The van der Waals surface area contributed by atoms with E-state index in [1.165, 1.54) is 30.7 Å². The molecule has 0 spiro atoms. The summed E-state index contributed by atoms with van der Waals surface area (Å²) in [4.78, 5) is 41.2. The number of aromatic nitrogens is 2. The summed E-state index contributed by atoms with van der Waals surface area (Å²) >= 11 is 0. The number of ether oxygens (including phenoxy) is 2. The third-order valence-corrected chi connectivity index (χ3v) is 7.01. The van der Waals surface area contributed by atoms with Gasteiger partial charge in [0.15, 0.2) is 5.69 Å². The number of nitrogens with one attached hydrogen (secondary N) is 1. The third kappa shape index (κ3) is 5.39. The van der Waals surface area contributed by atoms with Gasteiger partial charge in [-0.05, 0) is 51.3 Å². The number of nitrogens with zero attached hydrogens (tertiary/aromatic N) is 3. The molecule has 1 aliphatic heterocycles. The van der Waals surface area contributed by atoms with Gasteiger partial charge in [-0.3, -0.25) is 14.3 Å². The topological polar surface area (TPSA) is 103 Å². The molecule has 1 N–H and O–H groups in total. The quantitative estimate of drug-likeness (QED) is 0.463. The average molecular weight is 497 g/mol. The van der Waals surface area contributed by atoms with Crippen LogP contribution in [0, 0.1) is 0 Å². The lowest BCUT2D eigenvalue weighted by atomic mass is 9.93. The number of methoxy groups -OCH3 is 1. The van der Waals surface area contributed by atoms with E-state index >= 15 is 0 Å². The molecule has 1 saturated carbocycles. The molecule has 2 aliphatic rings. The van der Waals surface area contributed by atoms with Crippen molar-refractivity contribution in [3.63, 3.8) is 0 Å². The molecule has 36 heavy (non-hydrogen) atoms. The molecule has 1 aromatic carbocycles. The Bertz CT molecular complexity index is 1100. The Kier molecular flexibility index (Phi) is 7.66. The fourth-order valence-electron chi connectivity index (χ4n) is 4.99. The van der Waals surface area contributed by atoms with Crippen LogP contribution in [0.15, 0.2) is 30.3 Å².